The lowest BCUT2D eigenvalue weighted by molar-refractivity contribution is -0.133. The van der Waals surface area contributed by atoms with Gasteiger partial charge in [0, 0.05) is 19.5 Å². The number of rotatable bonds is 2. The molecule has 72 valence electrons. The Labute approximate surface area is 80.7 Å². The van der Waals surface area contributed by atoms with Crippen molar-refractivity contribution < 1.29 is 4.79 Å². The maximum atomic E-state index is 11.5. The molecule has 1 amide bonds. The summed E-state index contributed by atoms with van der Waals surface area (Å²) in [7, 11) is 1.89. The quantitative estimate of drug-likeness (QED) is 0.655. The molecule has 12 heavy (non-hydrogen) atoms. The molecule has 3 heteroatoms. The van der Waals surface area contributed by atoms with E-state index in [0.717, 1.165) is 19.4 Å². The van der Waals surface area contributed by atoms with E-state index in [1.807, 2.05) is 18.9 Å². The highest BCUT2D eigenvalue weighted by molar-refractivity contribution is 5.85. The Bertz CT molecular complexity index is 143. The summed E-state index contributed by atoms with van der Waals surface area (Å²) in [5.41, 5.74) is 0. The topological polar surface area (TPSA) is 20.3 Å². The van der Waals surface area contributed by atoms with Gasteiger partial charge < -0.3 is 4.90 Å². The zero-order valence-corrected chi connectivity index (χ0v) is 8.69. The van der Waals surface area contributed by atoms with Crippen LogP contribution in [-0.2, 0) is 4.79 Å². The third kappa shape index (κ3) is 2.67. The minimum Gasteiger partial charge on any atom is -0.346 e. The lowest BCUT2D eigenvalue weighted by Crippen LogP contribution is -2.31. The van der Waals surface area contributed by atoms with Crippen LogP contribution in [0.1, 0.15) is 32.6 Å². The second-order valence-electron chi connectivity index (χ2n) is 3.33. The average Bonchev–Trinajstić information content (AvgIpc) is 2.53. The minimum atomic E-state index is 0. The molecule has 1 fully saturated rings. The Kier molecular flexibility index (Phi) is 5.31. The Morgan fingerprint density at radius 3 is 2.33 bits per heavy atom. The largest absolute Gasteiger partial charge is 0.346 e. The number of hydrogen-bond acceptors (Lipinski definition) is 1. The van der Waals surface area contributed by atoms with E-state index >= 15 is 0 Å². The molecule has 0 aliphatic heterocycles. The second-order valence-corrected chi connectivity index (χ2v) is 3.33. The number of halogens is 1. The van der Waals surface area contributed by atoms with E-state index < -0.39 is 0 Å². The van der Waals surface area contributed by atoms with Crippen molar-refractivity contribution in [2.75, 3.05) is 13.6 Å². The lowest BCUT2D eigenvalue weighted by Gasteiger charge is -2.18. The number of carbonyl (C=O) groups is 1. The lowest BCUT2D eigenvalue weighted by atomic mass is 10.1. The van der Waals surface area contributed by atoms with Gasteiger partial charge in [-0.3, -0.25) is 4.79 Å². The van der Waals surface area contributed by atoms with Gasteiger partial charge in [-0.1, -0.05) is 12.8 Å². The SMILES string of the molecule is CCN(C)C(=O)C1CCCC1.Cl. The number of nitrogens with zero attached hydrogens (tertiary/aromatic N) is 1. The van der Waals surface area contributed by atoms with Gasteiger partial charge in [0.25, 0.3) is 0 Å². The van der Waals surface area contributed by atoms with Crippen LogP contribution in [0.2, 0.25) is 0 Å². The van der Waals surface area contributed by atoms with Gasteiger partial charge in [0.1, 0.15) is 0 Å². The number of hydrogen-bond donors (Lipinski definition) is 0. The fourth-order valence-electron chi connectivity index (χ4n) is 1.64. The molecule has 0 aromatic carbocycles. The van der Waals surface area contributed by atoms with Crippen LogP contribution in [0.3, 0.4) is 0 Å². The fraction of sp³-hybridized carbons (Fsp3) is 0.889. The van der Waals surface area contributed by atoms with E-state index in [2.05, 4.69) is 0 Å². The van der Waals surface area contributed by atoms with Crippen molar-refractivity contribution in [1.82, 2.24) is 4.90 Å². The molecule has 0 bridgehead atoms. The minimum absolute atomic E-state index is 0. The van der Waals surface area contributed by atoms with E-state index in [-0.39, 0.29) is 12.4 Å². The van der Waals surface area contributed by atoms with Crippen LogP contribution in [0.25, 0.3) is 0 Å². The zero-order valence-electron chi connectivity index (χ0n) is 7.88. The molecule has 2 nitrogen and oxygen atoms in total. The van der Waals surface area contributed by atoms with Gasteiger partial charge >= 0.3 is 0 Å². The van der Waals surface area contributed by atoms with Gasteiger partial charge in [0.05, 0.1) is 0 Å². The van der Waals surface area contributed by atoms with Gasteiger partial charge in [-0.05, 0) is 19.8 Å². The summed E-state index contributed by atoms with van der Waals surface area (Å²) in [6.07, 6.45) is 4.72. The molecular weight excluding hydrogens is 174 g/mol. The smallest absolute Gasteiger partial charge is 0.225 e. The molecule has 0 N–H and O–H groups in total. The Hall–Kier alpha value is -0.240. The van der Waals surface area contributed by atoms with E-state index in [0.29, 0.717) is 11.8 Å². The molecule has 0 aromatic rings. The molecular formula is C9H18ClNO. The standard InChI is InChI=1S/C9H17NO.ClH/c1-3-10(2)9(11)8-6-4-5-7-8;/h8H,3-7H2,1-2H3;1H. The van der Waals surface area contributed by atoms with Crippen LogP contribution in [0.15, 0.2) is 0 Å². The molecule has 0 spiro atoms. The summed E-state index contributed by atoms with van der Waals surface area (Å²) in [5, 5.41) is 0. The summed E-state index contributed by atoms with van der Waals surface area (Å²) in [6.45, 7) is 2.86. The first-order valence-corrected chi connectivity index (χ1v) is 4.50. The highest BCUT2D eigenvalue weighted by atomic mass is 35.5. The van der Waals surface area contributed by atoms with Crippen LogP contribution in [0.5, 0.6) is 0 Å². The predicted molar refractivity (Wildman–Crippen MR) is 52.5 cm³/mol. The summed E-state index contributed by atoms with van der Waals surface area (Å²) in [6, 6.07) is 0. The van der Waals surface area contributed by atoms with E-state index in [1.165, 1.54) is 12.8 Å². The molecule has 1 rings (SSSR count). The van der Waals surface area contributed by atoms with Crippen molar-refractivity contribution >= 4 is 18.3 Å². The molecule has 1 aliphatic rings. The zero-order chi connectivity index (χ0) is 8.27. The van der Waals surface area contributed by atoms with Crippen LogP contribution in [-0.4, -0.2) is 24.4 Å². The van der Waals surface area contributed by atoms with E-state index in [1.54, 1.807) is 0 Å². The Morgan fingerprint density at radius 1 is 1.42 bits per heavy atom. The second kappa shape index (κ2) is 5.41. The van der Waals surface area contributed by atoms with Gasteiger partial charge in [-0.2, -0.15) is 0 Å². The normalized spacial score (nSPS) is 17.2. The molecule has 1 aliphatic carbocycles. The van der Waals surface area contributed by atoms with Crippen molar-refractivity contribution in [3.05, 3.63) is 0 Å². The third-order valence-electron chi connectivity index (χ3n) is 2.55. The van der Waals surface area contributed by atoms with E-state index in [4.69, 9.17) is 0 Å². The summed E-state index contributed by atoms with van der Waals surface area (Å²) < 4.78 is 0. The molecule has 0 radical (unpaired) electrons. The molecule has 0 unspecified atom stereocenters. The first-order chi connectivity index (χ1) is 5.25. The van der Waals surface area contributed by atoms with Gasteiger partial charge in [0.2, 0.25) is 5.91 Å². The van der Waals surface area contributed by atoms with Crippen molar-refractivity contribution in [2.45, 2.75) is 32.6 Å². The molecule has 0 heterocycles. The highest BCUT2D eigenvalue weighted by Gasteiger charge is 2.24. The van der Waals surface area contributed by atoms with Gasteiger partial charge in [-0.15, -0.1) is 12.4 Å². The fourth-order valence-corrected chi connectivity index (χ4v) is 1.64. The summed E-state index contributed by atoms with van der Waals surface area (Å²) >= 11 is 0. The van der Waals surface area contributed by atoms with Gasteiger partial charge in [-0.25, -0.2) is 0 Å². The van der Waals surface area contributed by atoms with Gasteiger partial charge in [0.15, 0.2) is 0 Å². The summed E-state index contributed by atoms with van der Waals surface area (Å²) in [5.74, 6) is 0.699. The van der Waals surface area contributed by atoms with Crippen molar-refractivity contribution in [2.24, 2.45) is 5.92 Å². The predicted octanol–water partition coefficient (Wildman–Crippen LogP) is 2.08. The van der Waals surface area contributed by atoms with Crippen molar-refractivity contribution in [1.29, 1.82) is 0 Å². The molecule has 0 atom stereocenters. The maximum Gasteiger partial charge on any atom is 0.225 e. The maximum absolute atomic E-state index is 11.5. The Morgan fingerprint density at radius 2 is 1.92 bits per heavy atom. The summed E-state index contributed by atoms with van der Waals surface area (Å²) in [4.78, 5) is 13.3. The Balaban J connectivity index is 0.00000121. The van der Waals surface area contributed by atoms with Crippen LogP contribution >= 0.6 is 12.4 Å². The molecule has 0 aromatic heterocycles. The van der Waals surface area contributed by atoms with Crippen LogP contribution in [0.4, 0.5) is 0 Å². The number of carbonyl (C=O) groups excluding carboxylic acids is 1. The number of amides is 1. The van der Waals surface area contributed by atoms with Crippen molar-refractivity contribution in [3.8, 4) is 0 Å². The first-order valence-electron chi connectivity index (χ1n) is 4.50. The molecule has 0 saturated heterocycles. The highest BCUT2D eigenvalue weighted by Crippen LogP contribution is 2.25. The monoisotopic (exact) mass is 191 g/mol. The average molecular weight is 192 g/mol. The first kappa shape index (κ1) is 11.8. The third-order valence-corrected chi connectivity index (χ3v) is 2.55. The van der Waals surface area contributed by atoms with E-state index in [9.17, 15) is 4.79 Å². The molecule has 1 saturated carbocycles. The van der Waals surface area contributed by atoms with Crippen molar-refractivity contribution in [3.63, 3.8) is 0 Å². The van der Waals surface area contributed by atoms with Crippen LogP contribution < -0.4 is 0 Å². The van der Waals surface area contributed by atoms with Crippen LogP contribution in [0, 0.1) is 5.92 Å².